The summed E-state index contributed by atoms with van der Waals surface area (Å²) >= 11 is 0. The highest BCUT2D eigenvalue weighted by Crippen LogP contribution is 2.19. The van der Waals surface area contributed by atoms with Crippen LogP contribution in [0.1, 0.15) is 28.4 Å². The van der Waals surface area contributed by atoms with Gasteiger partial charge in [-0.05, 0) is 25.5 Å². The Morgan fingerprint density at radius 3 is 2.68 bits per heavy atom. The van der Waals surface area contributed by atoms with E-state index >= 15 is 0 Å². The van der Waals surface area contributed by atoms with E-state index in [1.165, 1.54) is 0 Å². The number of hydrogen-bond donors (Lipinski definition) is 0. The van der Waals surface area contributed by atoms with Crippen LogP contribution in [0, 0.1) is 6.92 Å². The van der Waals surface area contributed by atoms with Gasteiger partial charge in [-0.1, -0.05) is 53.7 Å². The highest BCUT2D eigenvalue weighted by Gasteiger charge is 2.14. The summed E-state index contributed by atoms with van der Waals surface area (Å²) in [5.74, 6) is 0.739. The summed E-state index contributed by atoms with van der Waals surface area (Å²) in [6.07, 6.45) is 1.15. The molecule has 140 valence electrons. The van der Waals surface area contributed by atoms with Gasteiger partial charge in [0.05, 0.1) is 17.7 Å². The Hall–Kier alpha value is -3.54. The topological polar surface area (TPSA) is 78.1 Å². The minimum Gasteiger partial charge on any atom is -0.462 e. The molecule has 4 rings (SSSR count). The molecule has 4 aromatic rings. The Balaban J connectivity index is 1.35. The summed E-state index contributed by atoms with van der Waals surface area (Å²) in [7, 11) is 0. The number of carbonyl (C=O) groups excluding carboxylic acids is 1. The smallest absolute Gasteiger partial charge is 0.338 e. The second-order valence-electron chi connectivity index (χ2n) is 6.45. The predicted molar refractivity (Wildman–Crippen MR) is 105 cm³/mol. The van der Waals surface area contributed by atoms with Crippen molar-refractivity contribution in [3.05, 3.63) is 77.8 Å². The highest BCUT2D eigenvalue weighted by molar-refractivity contribution is 6.03. The van der Waals surface area contributed by atoms with E-state index in [1.54, 1.807) is 6.07 Å². The van der Waals surface area contributed by atoms with E-state index in [0.717, 1.165) is 22.2 Å². The Kier molecular flexibility index (Phi) is 5.10. The van der Waals surface area contributed by atoms with E-state index in [1.807, 2.05) is 61.5 Å². The van der Waals surface area contributed by atoms with Gasteiger partial charge in [0.25, 0.3) is 0 Å². The maximum Gasteiger partial charge on any atom is 0.338 e. The van der Waals surface area contributed by atoms with Gasteiger partial charge >= 0.3 is 5.97 Å². The molecule has 0 saturated carbocycles. The molecular formula is C22H19N3O3. The van der Waals surface area contributed by atoms with Crippen molar-refractivity contribution in [1.29, 1.82) is 0 Å². The van der Waals surface area contributed by atoms with Gasteiger partial charge in [0.2, 0.25) is 11.7 Å². The fraction of sp³-hybridized carbons (Fsp3) is 0.182. The average Bonchev–Trinajstić information content (AvgIpc) is 3.20. The quantitative estimate of drug-likeness (QED) is 0.369. The van der Waals surface area contributed by atoms with Crippen molar-refractivity contribution in [2.24, 2.45) is 0 Å². The van der Waals surface area contributed by atoms with Crippen molar-refractivity contribution in [1.82, 2.24) is 15.1 Å². The van der Waals surface area contributed by atoms with Gasteiger partial charge in [-0.25, -0.2) is 4.79 Å². The number of ether oxygens (including phenoxy) is 1. The first-order valence-electron chi connectivity index (χ1n) is 9.12. The number of pyridine rings is 1. The maximum atomic E-state index is 12.5. The first kappa shape index (κ1) is 17.9. The summed E-state index contributed by atoms with van der Waals surface area (Å²) in [4.78, 5) is 21.3. The van der Waals surface area contributed by atoms with Gasteiger partial charge in [0.1, 0.15) is 0 Å². The van der Waals surface area contributed by atoms with Crippen molar-refractivity contribution in [2.75, 3.05) is 6.61 Å². The molecule has 0 saturated heterocycles. The molecule has 0 atom stereocenters. The van der Waals surface area contributed by atoms with Crippen LogP contribution in [0.5, 0.6) is 0 Å². The summed E-state index contributed by atoms with van der Waals surface area (Å²) in [6, 6.07) is 19.0. The number of carbonyl (C=O) groups is 1. The maximum absolute atomic E-state index is 12.5. The molecule has 0 unspecified atom stereocenters. The van der Waals surface area contributed by atoms with Crippen LogP contribution < -0.4 is 0 Å². The highest BCUT2D eigenvalue weighted by atomic mass is 16.5. The van der Waals surface area contributed by atoms with Gasteiger partial charge in [0.15, 0.2) is 0 Å². The number of rotatable bonds is 6. The van der Waals surface area contributed by atoms with E-state index in [4.69, 9.17) is 9.26 Å². The Morgan fingerprint density at radius 2 is 1.82 bits per heavy atom. The third-order valence-corrected chi connectivity index (χ3v) is 4.33. The monoisotopic (exact) mass is 373 g/mol. The van der Waals surface area contributed by atoms with Gasteiger partial charge in [0, 0.05) is 23.1 Å². The van der Waals surface area contributed by atoms with Crippen molar-refractivity contribution < 1.29 is 14.1 Å². The molecule has 6 nitrogen and oxygen atoms in total. The number of hydrogen-bond acceptors (Lipinski definition) is 6. The average molecular weight is 373 g/mol. The van der Waals surface area contributed by atoms with E-state index in [0.29, 0.717) is 30.1 Å². The third-order valence-electron chi connectivity index (χ3n) is 4.33. The van der Waals surface area contributed by atoms with Crippen LogP contribution in [0.2, 0.25) is 0 Å². The molecule has 0 amide bonds. The molecule has 0 aliphatic carbocycles. The summed E-state index contributed by atoms with van der Waals surface area (Å²) < 4.78 is 10.7. The third kappa shape index (κ3) is 3.91. The molecule has 2 aromatic carbocycles. The second kappa shape index (κ2) is 8.00. The van der Waals surface area contributed by atoms with E-state index in [2.05, 4.69) is 15.1 Å². The molecular weight excluding hydrogens is 354 g/mol. The summed E-state index contributed by atoms with van der Waals surface area (Å²) in [6.45, 7) is 2.14. The van der Waals surface area contributed by atoms with Crippen LogP contribution in [0.3, 0.4) is 0 Å². The number of esters is 1. The molecule has 0 aliphatic heterocycles. The SMILES string of the molecule is Cc1cc(C(=O)OCCCc2nc(-c3ccccc3)no2)c2ccccc2n1. The van der Waals surface area contributed by atoms with Crippen LogP contribution in [0.4, 0.5) is 0 Å². The lowest BCUT2D eigenvalue weighted by Crippen LogP contribution is -2.09. The number of fused-ring (bicyclic) bond motifs is 1. The molecule has 0 radical (unpaired) electrons. The predicted octanol–water partition coefficient (Wildman–Crippen LogP) is 4.38. The van der Waals surface area contributed by atoms with Gasteiger partial charge in [-0.2, -0.15) is 4.98 Å². The molecule has 2 aromatic heterocycles. The fourth-order valence-electron chi connectivity index (χ4n) is 3.00. The minimum absolute atomic E-state index is 0.275. The number of aryl methyl sites for hydroxylation is 2. The lowest BCUT2D eigenvalue weighted by Gasteiger charge is -2.08. The lowest BCUT2D eigenvalue weighted by atomic mass is 10.1. The fourth-order valence-corrected chi connectivity index (χ4v) is 3.00. The van der Waals surface area contributed by atoms with Crippen molar-refractivity contribution in [2.45, 2.75) is 19.8 Å². The van der Waals surface area contributed by atoms with Gasteiger partial charge in [-0.15, -0.1) is 0 Å². The molecule has 6 heteroatoms. The molecule has 28 heavy (non-hydrogen) atoms. The van der Waals surface area contributed by atoms with Crippen molar-refractivity contribution >= 4 is 16.9 Å². The van der Waals surface area contributed by atoms with Crippen LogP contribution >= 0.6 is 0 Å². The summed E-state index contributed by atoms with van der Waals surface area (Å²) in [5.41, 5.74) is 3.01. The molecule has 0 aliphatic rings. The van der Waals surface area contributed by atoms with Gasteiger partial charge in [-0.3, -0.25) is 4.98 Å². The molecule has 0 N–H and O–H groups in total. The van der Waals surface area contributed by atoms with Crippen LogP contribution in [-0.2, 0) is 11.2 Å². The molecule has 0 spiro atoms. The van der Waals surface area contributed by atoms with Crippen molar-refractivity contribution in [3.8, 4) is 11.4 Å². The molecule has 0 fully saturated rings. The zero-order valence-electron chi connectivity index (χ0n) is 15.5. The minimum atomic E-state index is -0.350. The normalized spacial score (nSPS) is 10.9. The number of benzene rings is 2. The molecule has 0 bridgehead atoms. The number of para-hydroxylation sites is 1. The van der Waals surface area contributed by atoms with Gasteiger partial charge < -0.3 is 9.26 Å². The number of aromatic nitrogens is 3. The van der Waals surface area contributed by atoms with E-state index < -0.39 is 0 Å². The Bertz CT molecular complexity index is 1110. The summed E-state index contributed by atoms with van der Waals surface area (Å²) in [5, 5.41) is 4.78. The van der Waals surface area contributed by atoms with E-state index in [9.17, 15) is 4.79 Å². The zero-order chi connectivity index (χ0) is 19.3. The largest absolute Gasteiger partial charge is 0.462 e. The molecule has 2 heterocycles. The van der Waals surface area contributed by atoms with Crippen LogP contribution in [0.15, 0.2) is 65.2 Å². The first-order valence-corrected chi connectivity index (χ1v) is 9.12. The van der Waals surface area contributed by atoms with E-state index in [-0.39, 0.29) is 12.6 Å². The number of nitrogens with zero attached hydrogens (tertiary/aromatic N) is 3. The zero-order valence-corrected chi connectivity index (χ0v) is 15.5. The van der Waals surface area contributed by atoms with Crippen LogP contribution in [-0.4, -0.2) is 27.7 Å². The van der Waals surface area contributed by atoms with Crippen molar-refractivity contribution in [3.63, 3.8) is 0 Å². The second-order valence-corrected chi connectivity index (χ2v) is 6.45. The standard InChI is InChI=1S/C22H19N3O3/c1-15-14-18(17-10-5-6-11-19(17)23-15)22(26)27-13-7-12-20-24-21(25-28-20)16-8-3-2-4-9-16/h2-6,8-11,14H,7,12-13H2,1H3. The lowest BCUT2D eigenvalue weighted by molar-refractivity contribution is 0.0500. The van der Waals surface area contributed by atoms with Crippen LogP contribution in [0.25, 0.3) is 22.3 Å². The Labute approximate surface area is 162 Å². The first-order chi connectivity index (χ1) is 13.7. The Morgan fingerprint density at radius 1 is 1.04 bits per heavy atom.